The Labute approximate surface area is 240 Å². The molecular formula is C33H50N2O3Sn. The fourth-order valence-electron chi connectivity index (χ4n) is 6.33. The van der Waals surface area contributed by atoms with Crippen molar-refractivity contribution in [3.8, 4) is 0 Å². The van der Waals surface area contributed by atoms with Crippen molar-refractivity contribution in [2.45, 2.75) is 117 Å². The molecule has 2 aromatic carbocycles. The van der Waals surface area contributed by atoms with Gasteiger partial charge in [0.1, 0.15) is 0 Å². The molecule has 1 aliphatic carbocycles. The van der Waals surface area contributed by atoms with Crippen molar-refractivity contribution < 1.29 is 14.6 Å². The van der Waals surface area contributed by atoms with Gasteiger partial charge in [-0.1, -0.05) is 0 Å². The van der Waals surface area contributed by atoms with Gasteiger partial charge in [0.2, 0.25) is 0 Å². The van der Waals surface area contributed by atoms with Crippen LogP contribution in [0.4, 0.5) is 11.4 Å². The van der Waals surface area contributed by atoms with Crippen molar-refractivity contribution >= 4 is 29.8 Å². The van der Waals surface area contributed by atoms with Crippen LogP contribution in [-0.4, -0.2) is 53.6 Å². The second kappa shape index (κ2) is 14.0. The Hall–Kier alpha value is -1.38. The summed E-state index contributed by atoms with van der Waals surface area (Å²) >= 11 is -2.74. The summed E-state index contributed by atoms with van der Waals surface area (Å²) in [5, 5.41) is 14.0. The average Bonchev–Trinajstić information content (AvgIpc) is 3.39. The van der Waals surface area contributed by atoms with E-state index in [-0.39, 0.29) is 18.2 Å². The van der Waals surface area contributed by atoms with Gasteiger partial charge < -0.3 is 0 Å². The molecule has 2 aromatic rings. The number of rotatable bonds is 14. The predicted molar refractivity (Wildman–Crippen MR) is 165 cm³/mol. The molecular weight excluding hydrogens is 591 g/mol. The van der Waals surface area contributed by atoms with Crippen molar-refractivity contribution in [1.82, 2.24) is 5.43 Å². The Kier molecular flexibility index (Phi) is 11.0. The first-order valence-corrected chi connectivity index (χ1v) is 23.0. The number of hydrazine groups is 1. The van der Waals surface area contributed by atoms with Crippen molar-refractivity contribution in [2.24, 2.45) is 0 Å². The SMILES string of the molecule is CCC[CH2][Sn](/[CH]=C1\[C@H](O)[C@@H]2OC(C)(C)O[C@@H]2[C@H]1NN(c1ccccc1)c1ccccc1)([CH2]CCC)[CH2]CCC. The van der Waals surface area contributed by atoms with E-state index >= 15 is 0 Å². The molecule has 6 heteroatoms. The fourth-order valence-corrected chi connectivity index (χ4v) is 21.8. The molecule has 1 heterocycles. The molecule has 0 bridgehead atoms. The molecule has 1 aliphatic heterocycles. The summed E-state index contributed by atoms with van der Waals surface area (Å²) in [7, 11) is 0. The Balaban J connectivity index is 1.79. The van der Waals surface area contributed by atoms with Gasteiger partial charge in [-0.2, -0.15) is 0 Å². The average molecular weight is 641 g/mol. The van der Waals surface area contributed by atoms with E-state index in [0.29, 0.717) is 0 Å². The molecule has 214 valence electrons. The van der Waals surface area contributed by atoms with Gasteiger partial charge in [-0.3, -0.25) is 0 Å². The summed E-state index contributed by atoms with van der Waals surface area (Å²) in [5.74, 6) is -0.723. The Morgan fingerprint density at radius 3 is 1.72 bits per heavy atom. The van der Waals surface area contributed by atoms with E-state index in [2.05, 4.69) is 83.8 Å². The van der Waals surface area contributed by atoms with Crippen molar-refractivity contribution in [3.05, 3.63) is 70.3 Å². The van der Waals surface area contributed by atoms with Crippen molar-refractivity contribution in [1.29, 1.82) is 0 Å². The van der Waals surface area contributed by atoms with E-state index < -0.39 is 30.3 Å². The van der Waals surface area contributed by atoms with Gasteiger partial charge in [-0.15, -0.1) is 0 Å². The molecule has 0 unspecified atom stereocenters. The number of aliphatic hydroxyl groups is 1. The molecule has 0 aromatic heterocycles. The number of anilines is 2. The van der Waals surface area contributed by atoms with E-state index in [1.165, 1.54) is 51.8 Å². The van der Waals surface area contributed by atoms with Gasteiger partial charge in [-0.25, -0.2) is 0 Å². The van der Waals surface area contributed by atoms with Crippen LogP contribution in [0.15, 0.2) is 70.3 Å². The topological polar surface area (TPSA) is 54.0 Å². The molecule has 0 spiro atoms. The van der Waals surface area contributed by atoms with E-state index in [4.69, 9.17) is 9.47 Å². The molecule has 1 saturated carbocycles. The van der Waals surface area contributed by atoms with Gasteiger partial charge in [-0.05, 0) is 0 Å². The molecule has 2 N–H and O–H groups in total. The van der Waals surface area contributed by atoms with Gasteiger partial charge in [0.15, 0.2) is 0 Å². The number of nitrogens with zero attached hydrogens (tertiary/aromatic N) is 1. The standard InChI is InChI=1S/C21H23N2O3.3C4H9.Sn/c1-14-17(19-20(18(14)24)26-21(2,3)25-19)22-23(15-10-6-4-7-11-15)16-12-8-5-9-13-16;3*1-3-4-2;/h1,4-13,17-20,22,24H,2-3H3;3*1,3-4H2,2H3;/t17-,18-,19+,20-;;;;/m0..../s1. The molecule has 0 radical (unpaired) electrons. The van der Waals surface area contributed by atoms with Crippen LogP contribution in [0.2, 0.25) is 13.3 Å². The van der Waals surface area contributed by atoms with Crippen LogP contribution in [0.3, 0.4) is 0 Å². The molecule has 2 fully saturated rings. The van der Waals surface area contributed by atoms with Crippen LogP contribution in [-0.2, 0) is 9.47 Å². The summed E-state index contributed by atoms with van der Waals surface area (Å²) < 4.78 is 19.6. The number of aliphatic hydroxyl groups excluding tert-OH is 1. The Morgan fingerprint density at radius 2 is 1.26 bits per heavy atom. The van der Waals surface area contributed by atoms with Gasteiger partial charge in [0.05, 0.1) is 0 Å². The van der Waals surface area contributed by atoms with Gasteiger partial charge in [0, 0.05) is 0 Å². The summed E-state index contributed by atoms with van der Waals surface area (Å²) in [4.78, 5) is 0. The number of hydrogen-bond acceptors (Lipinski definition) is 5. The van der Waals surface area contributed by atoms with E-state index in [9.17, 15) is 5.11 Å². The first kappa shape index (κ1) is 30.6. The van der Waals surface area contributed by atoms with Gasteiger partial charge >= 0.3 is 242 Å². The number of para-hydroxylation sites is 2. The third-order valence-corrected chi connectivity index (χ3v) is 22.6. The minimum atomic E-state index is -2.74. The molecule has 4 atom stereocenters. The van der Waals surface area contributed by atoms with E-state index in [1.54, 1.807) is 0 Å². The molecule has 4 rings (SSSR count). The molecule has 0 amide bonds. The molecule has 2 aliphatic rings. The third-order valence-electron chi connectivity index (χ3n) is 8.36. The summed E-state index contributed by atoms with van der Waals surface area (Å²) in [6.45, 7) is 10.8. The number of nitrogens with one attached hydrogen (secondary N) is 1. The summed E-state index contributed by atoms with van der Waals surface area (Å²) in [6.07, 6.45) is 6.25. The van der Waals surface area contributed by atoms with Crippen LogP contribution >= 0.6 is 0 Å². The zero-order valence-electron chi connectivity index (χ0n) is 24.7. The summed E-state index contributed by atoms with van der Waals surface area (Å²) in [5.41, 5.74) is 7.08. The second-order valence-electron chi connectivity index (χ2n) is 11.9. The molecule has 1 saturated heterocycles. The predicted octanol–water partition coefficient (Wildman–Crippen LogP) is 7.91. The quantitative estimate of drug-likeness (QED) is 0.162. The third kappa shape index (κ3) is 7.48. The zero-order valence-corrected chi connectivity index (χ0v) is 27.6. The normalized spacial score (nSPS) is 25.2. The first-order chi connectivity index (χ1) is 18.8. The van der Waals surface area contributed by atoms with Crippen LogP contribution < -0.4 is 10.4 Å². The Morgan fingerprint density at radius 1 is 0.795 bits per heavy atom. The number of ether oxygens (including phenoxy) is 2. The Bertz CT molecular complexity index is 984. The van der Waals surface area contributed by atoms with Gasteiger partial charge in [0.25, 0.3) is 0 Å². The van der Waals surface area contributed by atoms with Crippen LogP contribution in [0, 0.1) is 0 Å². The van der Waals surface area contributed by atoms with E-state index in [1.807, 2.05) is 26.0 Å². The number of hydrogen-bond donors (Lipinski definition) is 2. The van der Waals surface area contributed by atoms with Crippen LogP contribution in [0.1, 0.15) is 73.1 Å². The minimum absolute atomic E-state index is 0.173. The first-order valence-electron chi connectivity index (χ1n) is 15.3. The monoisotopic (exact) mass is 642 g/mol. The number of benzene rings is 2. The van der Waals surface area contributed by atoms with Crippen LogP contribution in [0.5, 0.6) is 0 Å². The van der Waals surface area contributed by atoms with Crippen molar-refractivity contribution in [3.63, 3.8) is 0 Å². The number of unbranched alkanes of at least 4 members (excludes halogenated alkanes) is 3. The molecule has 39 heavy (non-hydrogen) atoms. The maximum atomic E-state index is 11.9. The molecule has 5 nitrogen and oxygen atoms in total. The fraction of sp³-hybridized carbons (Fsp3) is 0.576. The zero-order chi connectivity index (χ0) is 27.9. The second-order valence-corrected chi connectivity index (χ2v) is 24.8. The number of fused-ring (bicyclic) bond motifs is 1. The van der Waals surface area contributed by atoms with Crippen molar-refractivity contribution in [2.75, 3.05) is 5.01 Å². The van der Waals surface area contributed by atoms with E-state index in [0.717, 1.165) is 16.9 Å². The summed E-state index contributed by atoms with van der Waals surface area (Å²) in [6, 6.07) is 20.7. The van der Waals surface area contributed by atoms with Crippen LogP contribution in [0.25, 0.3) is 0 Å². The maximum absolute atomic E-state index is 11.9.